The highest BCUT2D eigenvalue weighted by atomic mass is 32.1. The van der Waals surface area contributed by atoms with E-state index in [4.69, 9.17) is 0 Å². The lowest BCUT2D eigenvalue weighted by molar-refractivity contribution is 0.590. The number of anilines is 6. The molecule has 2 aliphatic heterocycles. The smallest absolute Gasteiger partial charge is 0.264 e. The molecule has 0 saturated carbocycles. The molecule has 0 aliphatic carbocycles. The minimum atomic E-state index is -0.123. The molecule has 428 valence electrons. The van der Waals surface area contributed by atoms with Crippen LogP contribution in [-0.2, 0) is 16.2 Å². The van der Waals surface area contributed by atoms with Crippen LogP contribution in [0.4, 0.5) is 34.1 Å². The SMILES string of the molecule is CC(C)(C)c1ccc(N2c3cc(-n4c5ccccc5c5ccccc54)cc4c3B(c3cc(-c5ccc(-c6ccccc6)cc5)ccc3N4c3ccc(C(C)(C)C)cc3-c3cc4ccc5cccc6ccc(c3)c4c56)c3sc4ccc(C(C)(C)C)cc4c32)cc1. The van der Waals surface area contributed by atoms with E-state index in [0.717, 1.165) is 17.1 Å². The molecule has 4 heterocycles. The van der Waals surface area contributed by atoms with Crippen molar-refractivity contribution in [2.24, 2.45) is 0 Å². The monoisotopic (exact) mass is 1160 g/mol. The first kappa shape index (κ1) is 53.6. The Morgan fingerprint density at radius 1 is 0.337 bits per heavy atom. The van der Waals surface area contributed by atoms with Crippen molar-refractivity contribution in [2.75, 3.05) is 9.80 Å². The van der Waals surface area contributed by atoms with Crippen LogP contribution < -0.4 is 25.5 Å². The maximum Gasteiger partial charge on any atom is 0.264 e. The van der Waals surface area contributed by atoms with Crippen LogP contribution in [0.2, 0.25) is 0 Å². The van der Waals surface area contributed by atoms with Gasteiger partial charge in [0, 0.05) is 53.9 Å². The summed E-state index contributed by atoms with van der Waals surface area (Å²) in [6, 6.07) is 95.6. The molecule has 0 atom stereocenters. The molecule has 0 spiro atoms. The number of fused-ring (bicyclic) bond motifs is 9. The number of benzene rings is 13. The lowest BCUT2D eigenvalue weighted by atomic mass is 9.36. The molecule has 0 bridgehead atoms. The Bertz CT molecular complexity index is 5260. The molecule has 5 heteroatoms. The lowest BCUT2D eigenvalue weighted by Gasteiger charge is -2.44. The third-order valence-electron chi connectivity index (χ3n) is 19.5. The summed E-state index contributed by atoms with van der Waals surface area (Å²) in [5.74, 6) is 0. The van der Waals surface area contributed by atoms with Gasteiger partial charge in [0.05, 0.1) is 28.1 Å². The molecule has 13 aromatic carbocycles. The second-order valence-electron chi connectivity index (χ2n) is 28.2. The number of rotatable bonds is 6. The van der Waals surface area contributed by atoms with Crippen molar-refractivity contribution < 1.29 is 0 Å². The van der Waals surface area contributed by atoms with Crippen molar-refractivity contribution in [1.29, 1.82) is 0 Å². The van der Waals surface area contributed by atoms with Gasteiger partial charge in [0.2, 0.25) is 0 Å². The van der Waals surface area contributed by atoms with E-state index in [0.29, 0.717) is 0 Å². The molecule has 17 rings (SSSR count). The van der Waals surface area contributed by atoms with Gasteiger partial charge >= 0.3 is 0 Å². The molecule has 3 nitrogen and oxygen atoms in total. The topological polar surface area (TPSA) is 11.4 Å². The predicted molar refractivity (Wildman–Crippen MR) is 386 cm³/mol. The van der Waals surface area contributed by atoms with Crippen LogP contribution in [-0.4, -0.2) is 11.3 Å². The minimum Gasteiger partial charge on any atom is -0.311 e. The highest BCUT2D eigenvalue weighted by Gasteiger charge is 2.46. The van der Waals surface area contributed by atoms with Gasteiger partial charge in [-0.15, -0.1) is 11.3 Å². The van der Waals surface area contributed by atoms with Gasteiger partial charge in [-0.3, -0.25) is 0 Å². The molecule has 15 aromatic rings. The van der Waals surface area contributed by atoms with Crippen LogP contribution in [0.1, 0.15) is 79.0 Å². The fourth-order valence-electron chi connectivity index (χ4n) is 14.9. The Morgan fingerprint density at radius 3 is 1.49 bits per heavy atom. The highest BCUT2D eigenvalue weighted by Crippen LogP contribution is 2.53. The Balaban J connectivity index is 1.01. The number of aromatic nitrogens is 1. The third-order valence-corrected chi connectivity index (χ3v) is 20.8. The Morgan fingerprint density at radius 2 is 0.854 bits per heavy atom. The van der Waals surface area contributed by atoms with E-state index < -0.39 is 0 Å². The van der Waals surface area contributed by atoms with E-state index in [1.165, 1.54) is 153 Å². The van der Waals surface area contributed by atoms with E-state index in [2.05, 4.69) is 325 Å². The molecule has 0 radical (unpaired) electrons. The molecule has 0 N–H and O–H groups in total. The van der Waals surface area contributed by atoms with Gasteiger partial charge < -0.3 is 14.4 Å². The van der Waals surface area contributed by atoms with Crippen LogP contribution in [0.5, 0.6) is 0 Å². The van der Waals surface area contributed by atoms with Gasteiger partial charge in [0.1, 0.15) is 0 Å². The average Bonchev–Trinajstić information content (AvgIpc) is 1.69. The first-order valence-corrected chi connectivity index (χ1v) is 32.4. The van der Waals surface area contributed by atoms with E-state index >= 15 is 0 Å². The zero-order valence-electron chi connectivity index (χ0n) is 52.0. The molecule has 0 amide bonds. The number of hydrogen-bond acceptors (Lipinski definition) is 3. The van der Waals surface area contributed by atoms with Crippen LogP contribution in [0.25, 0.3) is 103 Å². The van der Waals surface area contributed by atoms with Gasteiger partial charge in [-0.25, -0.2) is 0 Å². The van der Waals surface area contributed by atoms with E-state index in [1.807, 2.05) is 11.3 Å². The van der Waals surface area contributed by atoms with Gasteiger partial charge in [0.15, 0.2) is 0 Å². The number of hydrogen-bond donors (Lipinski definition) is 0. The molecule has 0 saturated heterocycles. The van der Waals surface area contributed by atoms with Crippen molar-refractivity contribution in [3.63, 3.8) is 0 Å². The summed E-state index contributed by atoms with van der Waals surface area (Å²) in [7, 11) is 0. The Kier molecular flexibility index (Phi) is 11.7. The second-order valence-corrected chi connectivity index (χ2v) is 29.2. The molecular formula is C84H68BN3S. The van der Waals surface area contributed by atoms with Crippen molar-refractivity contribution in [3.8, 4) is 39.1 Å². The van der Waals surface area contributed by atoms with E-state index in [-0.39, 0.29) is 23.0 Å². The number of thiophene rings is 1. The summed E-state index contributed by atoms with van der Waals surface area (Å²) in [6.45, 7) is 20.9. The van der Waals surface area contributed by atoms with Crippen LogP contribution >= 0.6 is 11.3 Å². The zero-order valence-corrected chi connectivity index (χ0v) is 52.8. The lowest BCUT2D eigenvalue weighted by Crippen LogP contribution is -2.60. The van der Waals surface area contributed by atoms with Crippen molar-refractivity contribution in [2.45, 2.75) is 78.6 Å². The number of nitrogens with zero attached hydrogens (tertiary/aromatic N) is 3. The normalized spacial score (nSPS) is 13.4. The van der Waals surface area contributed by atoms with Crippen LogP contribution in [0.15, 0.2) is 249 Å². The van der Waals surface area contributed by atoms with Crippen molar-refractivity contribution in [3.05, 3.63) is 265 Å². The number of para-hydroxylation sites is 2. The largest absolute Gasteiger partial charge is 0.311 e. The molecule has 2 aromatic heterocycles. The van der Waals surface area contributed by atoms with E-state index in [1.54, 1.807) is 0 Å². The molecule has 0 unspecified atom stereocenters. The minimum absolute atomic E-state index is 0.0250. The second kappa shape index (κ2) is 19.4. The summed E-state index contributed by atoms with van der Waals surface area (Å²) in [4.78, 5) is 5.34. The highest BCUT2D eigenvalue weighted by molar-refractivity contribution is 7.33. The molecule has 89 heavy (non-hydrogen) atoms. The standard InChI is InChI=1S/C84H68BN3S/c1-82(2,3)60-35-39-63(40-36-60)87-74-49-64(86-70-24-15-13-22-65(70)66-23-14-16-25-71(66)86)50-75-79(74)85(81-80(87)68-48-62(84(7,8)9)38-43-76(68)89-81)69-46-56(53-28-26-52(27-29-53)51-18-11-10-12-19-51)34-41-73(69)88(75)72-42-37-61(83(4,5)6)47-67(72)59-44-57-32-30-54-20-17-21-55-31-33-58(45-59)78(57)77(54)55/h10-50H,1-9H3. The summed E-state index contributed by atoms with van der Waals surface area (Å²) >= 11 is 1.97. The fraction of sp³-hybridized carbons (Fsp3) is 0.143. The third kappa shape index (κ3) is 8.38. The van der Waals surface area contributed by atoms with Gasteiger partial charge in [-0.2, -0.15) is 0 Å². The first-order chi connectivity index (χ1) is 43.0. The first-order valence-electron chi connectivity index (χ1n) is 31.6. The van der Waals surface area contributed by atoms with Crippen molar-refractivity contribution in [1.82, 2.24) is 4.57 Å². The van der Waals surface area contributed by atoms with Gasteiger partial charge in [-0.1, -0.05) is 232 Å². The molecular weight excluding hydrogens is 1090 g/mol. The summed E-state index contributed by atoms with van der Waals surface area (Å²) in [6.07, 6.45) is 0. The maximum atomic E-state index is 2.67. The summed E-state index contributed by atoms with van der Waals surface area (Å²) < 4.78 is 5.19. The van der Waals surface area contributed by atoms with Crippen LogP contribution in [0, 0.1) is 0 Å². The average molecular weight is 1160 g/mol. The van der Waals surface area contributed by atoms with Gasteiger partial charge in [0.25, 0.3) is 6.71 Å². The van der Waals surface area contributed by atoms with Gasteiger partial charge in [-0.05, 0) is 183 Å². The molecule has 0 fully saturated rings. The van der Waals surface area contributed by atoms with Crippen molar-refractivity contribution >= 4 is 132 Å². The quantitative estimate of drug-likeness (QED) is 0.121. The summed E-state index contributed by atoms with van der Waals surface area (Å²) in [5.41, 5.74) is 24.1. The Hall–Kier alpha value is -9.68. The zero-order chi connectivity index (χ0) is 60.4. The maximum absolute atomic E-state index is 2.67. The van der Waals surface area contributed by atoms with E-state index in [9.17, 15) is 0 Å². The summed E-state index contributed by atoms with van der Waals surface area (Å²) in [5, 5.41) is 11.5. The van der Waals surface area contributed by atoms with Crippen LogP contribution in [0.3, 0.4) is 0 Å². The fourth-order valence-corrected chi connectivity index (χ4v) is 16.2. The molecule has 2 aliphatic rings. The predicted octanol–water partition coefficient (Wildman–Crippen LogP) is 21.9. The Labute approximate surface area is 526 Å².